The Hall–Kier alpha value is -1.67. The van der Waals surface area contributed by atoms with E-state index in [0.717, 1.165) is 5.56 Å². The Morgan fingerprint density at radius 2 is 2.32 bits per heavy atom. The second-order valence-corrected chi connectivity index (χ2v) is 6.45. The maximum Gasteiger partial charge on any atom is 0.188 e. The first-order valence-corrected chi connectivity index (χ1v) is 7.79. The monoisotopic (exact) mass is 286 g/mol. The highest BCUT2D eigenvalue weighted by atomic mass is 32.2. The van der Waals surface area contributed by atoms with Crippen molar-refractivity contribution in [1.82, 2.24) is 10.3 Å². The van der Waals surface area contributed by atoms with E-state index < -0.39 is 9.84 Å². The lowest BCUT2D eigenvalue weighted by Crippen LogP contribution is -2.19. The summed E-state index contributed by atoms with van der Waals surface area (Å²) in [5.41, 5.74) is 6.77. The minimum absolute atomic E-state index is 0.0427. The van der Waals surface area contributed by atoms with E-state index in [1.165, 1.54) is 6.26 Å². The van der Waals surface area contributed by atoms with Gasteiger partial charge >= 0.3 is 0 Å². The van der Waals surface area contributed by atoms with Crippen LogP contribution >= 0.6 is 0 Å². The van der Waals surface area contributed by atoms with Crippen LogP contribution in [0.4, 0.5) is 0 Å². The molecule has 0 unspecified atom stereocenters. The molecule has 1 aromatic heterocycles. The van der Waals surface area contributed by atoms with Crippen LogP contribution in [0.3, 0.4) is 0 Å². The molecule has 7 nitrogen and oxygen atoms in total. The molecule has 0 spiro atoms. The van der Waals surface area contributed by atoms with Crippen molar-refractivity contribution in [3.8, 4) is 0 Å². The number of hydrogen-bond acceptors (Lipinski definition) is 6. The third-order valence-electron chi connectivity index (χ3n) is 2.39. The van der Waals surface area contributed by atoms with E-state index in [1.54, 1.807) is 18.3 Å². The molecule has 19 heavy (non-hydrogen) atoms. The van der Waals surface area contributed by atoms with Gasteiger partial charge in [-0.05, 0) is 30.7 Å². The lowest BCUT2D eigenvalue weighted by atomic mass is 10.2. The number of sulfone groups is 1. The van der Waals surface area contributed by atoms with E-state index in [4.69, 9.17) is 10.9 Å². The van der Waals surface area contributed by atoms with E-state index in [-0.39, 0.29) is 11.6 Å². The maximum absolute atomic E-state index is 10.9. The molecule has 1 rings (SSSR count). The van der Waals surface area contributed by atoms with Crippen LogP contribution in [0, 0.1) is 0 Å². The van der Waals surface area contributed by atoms with Crippen molar-refractivity contribution in [2.75, 3.05) is 18.6 Å². The van der Waals surface area contributed by atoms with Gasteiger partial charge in [0.15, 0.2) is 5.84 Å². The van der Waals surface area contributed by atoms with Crippen LogP contribution in [0.15, 0.2) is 23.5 Å². The second kappa shape index (κ2) is 7.05. The van der Waals surface area contributed by atoms with Crippen LogP contribution in [-0.2, 0) is 16.4 Å². The quantitative estimate of drug-likeness (QED) is 0.208. The number of nitrogens with zero attached hydrogens (tertiary/aromatic N) is 2. The highest BCUT2D eigenvalue weighted by Gasteiger charge is 2.03. The Morgan fingerprint density at radius 3 is 2.95 bits per heavy atom. The number of pyridine rings is 1. The molecule has 0 amide bonds. The third kappa shape index (κ3) is 6.16. The van der Waals surface area contributed by atoms with E-state index in [2.05, 4.69) is 15.5 Å². The summed E-state index contributed by atoms with van der Waals surface area (Å²) in [5, 5.41) is 14.6. The fourth-order valence-corrected chi connectivity index (χ4v) is 2.14. The van der Waals surface area contributed by atoms with Gasteiger partial charge in [-0.25, -0.2) is 8.42 Å². The molecule has 0 saturated heterocycles. The zero-order chi connectivity index (χ0) is 14.3. The number of oxime groups is 1. The highest BCUT2D eigenvalue weighted by Crippen LogP contribution is 2.01. The second-order valence-electron chi connectivity index (χ2n) is 4.19. The zero-order valence-corrected chi connectivity index (χ0v) is 11.5. The van der Waals surface area contributed by atoms with Crippen LogP contribution in [-0.4, -0.2) is 43.0 Å². The van der Waals surface area contributed by atoms with E-state index in [0.29, 0.717) is 25.2 Å². The van der Waals surface area contributed by atoms with Crippen molar-refractivity contribution in [3.05, 3.63) is 29.6 Å². The van der Waals surface area contributed by atoms with Gasteiger partial charge in [0.05, 0.1) is 5.75 Å². The number of amidine groups is 1. The van der Waals surface area contributed by atoms with Crippen LogP contribution in [0.1, 0.15) is 17.7 Å². The highest BCUT2D eigenvalue weighted by molar-refractivity contribution is 7.90. The van der Waals surface area contributed by atoms with Gasteiger partial charge in [0.2, 0.25) is 0 Å². The van der Waals surface area contributed by atoms with Gasteiger partial charge in [0.1, 0.15) is 15.5 Å². The summed E-state index contributed by atoms with van der Waals surface area (Å²) in [6.45, 7) is 1.17. The lowest BCUT2D eigenvalue weighted by molar-refractivity contribution is 0.318. The summed E-state index contributed by atoms with van der Waals surface area (Å²) < 4.78 is 21.9. The number of aromatic nitrogens is 1. The number of nitrogens with two attached hydrogens (primary N) is 1. The molecule has 0 aliphatic carbocycles. The average Bonchev–Trinajstić information content (AvgIpc) is 2.36. The summed E-state index contributed by atoms with van der Waals surface area (Å²) in [5.74, 6) is 0.130. The SMILES string of the molecule is CS(=O)(=O)CCCNCc1ccnc(C(N)=NO)c1. The van der Waals surface area contributed by atoms with Crippen molar-refractivity contribution in [2.45, 2.75) is 13.0 Å². The Morgan fingerprint density at radius 1 is 1.58 bits per heavy atom. The lowest BCUT2D eigenvalue weighted by Gasteiger charge is -2.05. The summed E-state index contributed by atoms with van der Waals surface area (Å²) in [6, 6.07) is 3.51. The van der Waals surface area contributed by atoms with Gasteiger partial charge < -0.3 is 16.3 Å². The minimum atomic E-state index is -2.90. The molecular formula is C11H18N4O3S. The van der Waals surface area contributed by atoms with Crippen molar-refractivity contribution in [3.63, 3.8) is 0 Å². The summed E-state index contributed by atoms with van der Waals surface area (Å²) in [4.78, 5) is 3.96. The normalized spacial score (nSPS) is 12.6. The summed E-state index contributed by atoms with van der Waals surface area (Å²) in [6.07, 6.45) is 3.36. The first-order valence-electron chi connectivity index (χ1n) is 5.73. The summed E-state index contributed by atoms with van der Waals surface area (Å²) in [7, 11) is -2.90. The molecule has 0 radical (unpaired) electrons. The molecule has 0 bridgehead atoms. The average molecular weight is 286 g/mol. The van der Waals surface area contributed by atoms with Crippen molar-refractivity contribution in [2.24, 2.45) is 10.9 Å². The van der Waals surface area contributed by atoms with Crippen LogP contribution < -0.4 is 11.1 Å². The minimum Gasteiger partial charge on any atom is -0.409 e. The molecule has 1 aromatic rings. The van der Waals surface area contributed by atoms with Crippen molar-refractivity contribution in [1.29, 1.82) is 0 Å². The molecule has 0 aliphatic rings. The predicted molar refractivity (Wildman–Crippen MR) is 72.8 cm³/mol. The van der Waals surface area contributed by atoms with Crippen LogP contribution in [0.5, 0.6) is 0 Å². The Kier molecular flexibility index (Phi) is 5.71. The van der Waals surface area contributed by atoms with Crippen molar-refractivity contribution >= 4 is 15.7 Å². The topological polar surface area (TPSA) is 118 Å². The van der Waals surface area contributed by atoms with Gasteiger partial charge in [0, 0.05) is 19.0 Å². The van der Waals surface area contributed by atoms with Crippen molar-refractivity contribution < 1.29 is 13.6 Å². The van der Waals surface area contributed by atoms with E-state index in [1.807, 2.05) is 0 Å². The zero-order valence-electron chi connectivity index (χ0n) is 10.7. The van der Waals surface area contributed by atoms with Gasteiger partial charge in [-0.3, -0.25) is 4.98 Å². The Bertz CT molecular complexity index is 543. The third-order valence-corrected chi connectivity index (χ3v) is 3.42. The molecule has 106 valence electrons. The van der Waals surface area contributed by atoms with Gasteiger partial charge in [-0.15, -0.1) is 0 Å². The number of hydrogen-bond donors (Lipinski definition) is 3. The fraction of sp³-hybridized carbons (Fsp3) is 0.455. The Balaban J connectivity index is 2.42. The maximum atomic E-state index is 10.9. The molecule has 8 heteroatoms. The Labute approximate surface area is 112 Å². The standard InChI is InChI=1S/C11H18N4O3S/c1-19(17,18)6-2-4-13-8-9-3-5-14-10(7-9)11(12)15-16/h3,5,7,13,16H,2,4,6,8H2,1H3,(H2,12,15). The first-order chi connectivity index (χ1) is 8.92. The first kappa shape index (κ1) is 15.4. The predicted octanol–water partition coefficient (Wildman–Crippen LogP) is -0.300. The molecule has 0 fully saturated rings. The number of nitrogens with one attached hydrogen (secondary N) is 1. The van der Waals surface area contributed by atoms with Gasteiger partial charge in [-0.2, -0.15) is 0 Å². The fourth-order valence-electron chi connectivity index (χ4n) is 1.47. The molecule has 0 aliphatic heterocycles. The van der Waals surface area contributed by atoms with Crippen LogP contribution in [0.25, 0.3) is 0 Å². The largest absolute Gasteiger partial charge is 0.409 e. The van der Waals surface area contributed by atoms with Gasteiger partial charge in [0.25, 0.3) is 0 Å². The van der Waals surface area contributed by atoms with Gasteiger partial charge in [-0.1, -0.05) is 5.16 Å². The summed E-state index contributed by atoms with van der Waals surface area (Å²) >= 11 is 0. The van der Waals surface area contributed by atoms with E-state index in [9.17, 15) is 8.42 Å². The molecular weight excluding hydrogens is 268 g/mol. The molecule has 1 heterocycles. The molecule has 0 aromatic carbocycles. The van der Waals surface area contributed by atoms with E-state index >= 15 is 0 Å². The molecule has 0 saturated carbocycles. The van der Waals surface area contributed by atoms with Crippen LogP contribution in [0.2, 0.25) is 0 Å². The molecule has 0 atom stereocenters. The number of rotatable bonds is 7. The smallest absolute Gasteiger partial charge is 0.188 e. The molecule has 4 N–H and O–H groups in total.